The summed E-state index contributed by atoms with van der Waals surface area (Å²) < 4.78 is 4.12. The third-order valence-corrected chi connectivity index (χ3v) is 4.97. The van der Waals surface area contributed by atoms with Crippen LogP contribution in [0.1, 0.15) is 35.2 Å². The van der Waals surface area contributed by atoms with E-state index in [2.05, 4.69) is 51.2 Å². The van der Waals surface area contributed by atoms with Gasteiger partial charge in [0.1, 0.15) is 10.6 Å². The van der Waals surface area contributed by atoms with Crippen molar-refractivity contribution in [3.8, 4) is 0 Å². The van der Waals surface area contributed by atoms with Gasteiger partial charge in [-0.1, -0.05) is 30.3 Å². The number of nitrogens with one attached hydrogen (secondary N) is 2. The van der Waals surface area contributed by atoms with Gasteiger partial charge >= 0.3 is 0 Å². The Bertz CT molecular complexity index is 699. The summed E-state index contributed by atoms with van der Waals surface area (Å²) in [6.07, 6.45) is 3.09. The number of carbonyl (C=O) groups excluding carboxylic acids is 1. The molecule has 4 N–H and O–H groups in total. The van der Waals surface area contributed by atoms with Crippen molar-refractivity contribution >= 4 is 28.3 Å². The highest BCUT2D eigenvalue weighted by atomic mass is 32.1. The maximum absolute atomic E-state index is 12.3. The molecule has 0 radical (unpaired) electrons. The lowest BCUT2D eigenvalue weighted by molar-refractivity contribution is 0.0953. The molecule has 1 aromatic carbocycles. The molecule has 134 valence electrons. The largest absolute Gasteiger partial charge is 0.382 e. The highest BCUT2D eigenvalue weighted by molar-refractivity contribution is 7.11. The van der Waals surface area contributed by atoms with E-state index < -0.39 is 0 Å². The average Bonchev–Trinajstić information content (AvgIpc) is 3.33. The van der Waals surface area contributed by atoms with Crippen molar-refractivity contribution in [1.82, 2.24) is 14.6 Å². The fourth-order valence-corrected chi connectivity index (χ4v) is 3.39. The summed E-state index contributed by atoms with van der Waals surface area (Å²) in [6, 6.07) is 10.7. The van der Waals surface area contributed by atoms with Gasteiger partial charge in [-0.15, -0.1) is 0 Å². The normalized spacial score (nSPS) is 13.8. The van der Waals surface area contributed by atoms with Crippen molar-refractivity contribution in [3.05, 3.63) is 41.5 Å². The van der Waals surface area contributed by atoms with Crippen LogP contribution < -0.4 is 16.4 Å². The highest BCUT2D eigenvalue weighted by Gasteiger charge is 2.27. The van der Waals surface area contributed by atoms with Crippen molar-refractivity contribution < 1.29 is 4.79 Å². The van der Waals surface area contributed by atoms with Crippen LogP contribution in [-0.4, -0.2) is 41.4 Å². The SMILES string of the molecule is CN(CCCNc1snc(N)c1C(=O)NC1CC1)Cc1ccccc1. The Morgan fingerprint density at radius 2 is 2.12 bits per heavy atom. The molecule has 1 aromatic heterocycles. The minimum absolute atomic E-state index is 0.113. The van der Waals surface area contributed by atoms with Crippen LogP contribution in [0.15, 0.2) is 30.3 Å². The summed E-state index contributed by atoms with van der Waals surface area (Å²) in [6.45, 7) is 2.69. The quantitative estimate of drug-likeness (QED) is 0.599. The third-order valence-electron chi connectivity index (χ3n) is 4.16. The Hall–Kier alpha value is -2.12. The van der Waals surface area contributed by atoms with Crippen LogP contribution in [0.5, 0.6) is 0 Å². The van der Waals surface area contributed by atoms with Crippen LogP contribution in [0.2, 0.25) is 0 Å². The van der Waals surface area contributed by atoms with Crippen molar-refractivity contribution in [1.29, 1.82) is 0 Å². The van der Waals surface area contributed by atoms with E-state index in [4.69, 9.17) is 5.73 Å². The highest BCUT2D eigenvalue weighted by Crippen LogP contribution is 2.28. The summed E-state index contributed by atoms with van der Waals surface area (Å²) in [5.41, 5.74) is 7.67. The van der Waals surface area contributed by atoms with E-state index in [0.29, 0.717) is 17.4 Å². The molecule has 0 atom stereocenters. The molecule has 0 aliphatic heterocycles. The summed E-state index contributed by atoms with van der Waals surface area (Å²) in [4.78, 5) is 14.6. The molecule has 1 heterocycles. The van der Waals surface area contributed by atoms with Crippen LogP contribution in [0.4, 0.5) is 10.8 Å². The molecular formula is C18H25N5OS. The number of anilines is 2. The van der Waals surface area contributed by atoms with Gasteiger partial charge in [0.15, 0.2) is 5.82 Å². The summed E-state index contributed by atoms with van der Waals surface area (Å²) in [7, 11) is 2.12. The molecular weight excluding hydrogens is 334 g/mol. The van der Waals surface area contributed by atoms with Crippen molar-refractivity contribution in [2.24, 2.45) is 0 Å². The molecule has 0 spiro atoms. The Morgan fingerprint density at radius 1 is 1.36 bits per heavy atom. The number of aromatic nitrogens is 1. The van der Waals surface area contributed by atoms with E-state index in [-0.39, 0.29) is 5.91 Å². The first kappa shape index (κ1) is 17.7. The lowest BCUT2D eigenvalue weighted by Gasteiger charge is -2.17. The molecule has 0 bridgehead atoms. The first-order valence-electron chi connectivity index (χ1n) is 8.66. The van der Waals surface area contributed by atoms with Gasteiger partial charge in [-0.3, -0.25) is 4.79 Å². The monoisotopic (exact) mass is 359 g/mol. The summed E-state index contributed by atoms with van der Waals surface area (Å²) in [5, 5.41) is 7.05. The van der Waals surface area contributed by atoms with Gasteiger partial charge in [0.2, 0.25) is 0 Å². The Kier molecular flexibility index (Phi) is 5.88. The maximum atomic E-state index is 12.3. The predicted octanol–water partition coefficient (Wildman–Crippen LogP) is 2.55. The molecule has 6 nitrogen and oxygen atoms in total. The van der Waals surface area contributed by atoms with Gasteiger partial charge < -0.3 is 21.3 Å². The lowest BCUT2D eigenvalue weighted by atomic mass is 10.2. The van der Waals surface area contributed by atoms with Gasteiger partial charge in [-0.25, -0.2) is 0 Å². The Morgan fingerprint density at radius 3 is 2.84 bits per heavy atom. The van der Waals surface area contributed by atoms with Crippen LogP contribution in [0, 0.1) is 0 Å². The van der Waals surface area contributed by atoms with Crippen LogP contribution in [-0.2, 0) is 6.54 Å². The van der Waals surface area contributed by atoms with Gasteiger partial charge in [-0.2, -0.15) is 4.37 Å². The zero-order valence-electron chi connectivity index (χ0n) is 14.5. The summed E-state index contributed by atoms with van der Waals surface area (Å²) >= 11 is 1.25. The number of nitrogen functional groups attached to an aromatic ring is 1. The van der Waals surface area contributed by atoms with Crippen molar-refractivity contribution in [3.63, 3.8) is 0 Å². The predicted molar refractivity (Wildman–Crippen MR) is 103 cm³/mol. The smallest absolute Gasteiger partial charge is 0.258 e. The minimum Gasteiger partial charge on any atom is -0.382 e. The van der Waals surface area contributed by atoms with E-state index >= 15 is 0 Å². The second-order valence-electron chi connectivity index (χ2n) is 6.52. The molecule has 1 saturated carbocycles. The van der Waals surface area contributed by atoms with E-state index in [1.54, 1.807) is 0 Å². The molecule has 2 aromatic rings. The lowest BCUT2D eigenvalue weighted by Crippen LogP contribution is -2.26. The standard InChI is InChI=1S/C18H25N5OS/c1-23(12-13-6-3-2-4-7-13)11-5-10-20-18-15(16(19)22-25-18)17(24)21-14-8-9-14/h2-4,6-7,14,20H,5,8-12H2,1H3,(H2,19,22)(H,21,24). The van der Waals surface area contributed by atoms with E-state index in [0.717, 1.165) is 43.9 Å². The second-order valence-corrected chi connectivity index (χ2v) is 7.30. The number of hydrogen-bond acceptors (Lipinski definition) is 6. The number of amides is 1. The zero-order valence-corrected chi connectivity index (χ0v) is 15.3. The van der Waals surface area contributed by atoms with Crippen molar-refractivity contribution in [2.75, 3.05) is 31.2 Å². The number of rotatable bonds is 9. The van der Waals surface area contributed by atoms with E-state index in [9.17, 15) is 4.79 Å². The number of hydrogen-bond donors (Lipinski definition) is 3. The topological polar surface area (TPSA) is 83.3 Å². The van der Waals surface area contributed by atoms with E-state index in [1.807, 2.05) is 6.07 Å². The molecule has 0 saturated heterocycles. The molecule has 1 fully saturated rings. The molecule has 25 heavy (non-hydrogen) atoms. The average molecular weight is 359 g/mol. The van der Waals surface area contributed by atoms with Crippen LogP contribution in [0.3, 0.4) is 0 Å². The van der Waals surface area contributed by atoms with Crippen molar-refractivity contribution in [2.45, 2.75) is 31.8 Å². The van der Waals surface area contributed by atoms with Gasteiger partial charge in [0, 0.05) is 19.1 Å². The molecule has 0 unspecified atom stereocenters. The number of nitrogens with two attached hydrogens (primary N) is 1. The van der Waals surface area contributed by atoms with E-state index in [1.165, 1.54) is 17.1 Å². The fourth-order valence-electron chi connectivity index (χ4n) is 2.65. The maximum Gasteiger partial charge on any atom is 0.258 e. The zero-order chi connectivity index (χ0) is 17.6. The first-order valence-corrected chi connectivity index (χ1v) is 9.43. The Balaban J connectivity index is 1.43. The van der Waals surface area contributed by atoms with Gasteiger partial charge in [-0.05, 0) is 50.0 Å². The number of benzene rings is 1. The first-order chi connectivity index (χ1) is 12.1. The molecule has 3 rings (SSSR count). The second kappa shape index (κ2) is 8.31. The van der Waals surface area contributed by atoms with Crippen LogP contribution >= 0.6 is 11.5 Å². The number of nitrogens with zero attached hydrogens (tertiary/aromatic N) is 2. The van der Waals surface area contributed by atoms with Gasteiger partial charge in [0.05, 0.1) is 0 Å². The molecule has 1 amide bonds. The minimum atomic E-state index is -0.113. The Labute approximate surface area is 152 Å². The molecule has 1 aliphatic rings. The molecule has 1 aliphatic carbocycles. The molecule has 7 heteroatoms. The summed E-state index contributed by atoms with van der Waals surface area (Å²) in [5.74, 6) is 0.198. The fraction of sp³-hybridized carbons (Fsp3) is 0.444. The van der Waals surface area contributed by atoms with Gasteiger partial charge in [0.25, 0.3) is 5.91 Å². The van der Waals surface area contributed by atoms with Crippen LogP contribution in [0.25, 0.3) is 0 Å². The number of carbonyl (C=O) groups is 1. The third kappa shape index (κ3) is 5.17.